The van der Waals surface area contributed by atoms with Crippen LogP contribution >= 0.6 is 0 Å². The average molecular weight is 341 g/mol. The standard InChI is InChI=1S/C17H16FN5O2/c1-3-25-16-9-15(19-10-20-16)21-17(24)14-8-13(22-23(14)2)11-4-6-12(18)7-5-11/h4-10H,3H2,1-2H3,(H,19,20,21,24). The monoisotopic (exact) mass is 341 g/mol. The molecule has 0 spiro atoms. The minimum atomic E-state index is -0.371. The van der Waals surface area contributed by atoms with Crippen molar-refractivity contribution in [1.29, 1.82) is 0 Å². The molecule has 1 aromatic carbocycles. The number of carbonyl (C=O) groups is 1. The van der Waals surface area contributed by atoms with Gasteiger partial charge in [-0.15, -0.1) is 0 Å². The number of carbonyl (C=O) groups excluding carboxylic acids is 1. The Kier molecular flexibility index (Phi) is 4.69. The first kappa shape index (κ1) is 16.6. The van der Waals surface area contributed by atoms with E-state index in [0.717, 1.165) is 5.56 Å². The van der Waals surface area contributed by atoms with Crippen LogP contribution in [0.1, 0.15) is 17.4 Å². The fourth-order valence-electron chi connectivity index (χ4n) is 2.26. The lowest BCUT2D eigenvalue weighted by Crippen LogP contribution is -2.17. The molecule has 3 rings (SSSR count). The highest BCUT2D eigenvalue weighted by molar-refractivity contribution is 6.03. The molecule has 0 saturated heterocycles. The summed E-state index contributed by atoms with van der Waals surface area (Å²) in [4.78, 5) is 20.4. The maximum atomic E-state index is 13.0. The highest BCUT2D eigenvalue weighted by atomic mass is 19.1. The number of aryl methyl sites for hydroxylation is 1. The summed E-state index contributed by atoms with van der Waals surface area (Å²) >= 11 is 0. The Morgan fingerprint density at radius 2 is 2.00 bits per heavy atom. The number of amides is 1. The first-order valence-corrected chi connectivity index (χ1v) is 7.63. The van der Waals surface area contributed by atoms with Gasteiger partial charge in [-0.1, -0.05) is 0 Å². The van der Waals surface area contributed by atoms with Gasteiger partial charge in [0.1, 0.15) is 23.7 Å². The van der Waals surface area contributed by atoms with Gasteiger partial charge in [0.25, 0.3) is 5.91 Å². The van der Waals surface area contributed by atoms with E-state index in [4.69, 9.17) is 4.74 Å². The second kappa shape index (κ2) is 7.08. The number of halogens is 1. The molecule has 0 aliphatic rings. The molecule has 1 amide bonds. The SMILES string of the molecule is CCOc1cc(NC(=O)c2cc(-c3ccc(F)cc3)nn2C)ncn1. The van der Waals surface area contributed by atoms with Crippen LogP contribution in [-0.4, -0.2) is 32.3 Å². The molecule has 1 N–H and O–H groups in total. The van der Waals surface area contributed by atoms with Crippen molar-refractivity contribution in [3.05, 3.63) is 54.2 Å². The quantitative estimate of drug-likeness (QED) is 0.771. The molecule has 0 fully saturated rings. The molecular formula is C17H16FN5O2. The van der Waals surface area contributed by atoms with Crippen molar-refractivity contribution in [3.63, 3.8) is 0 Å². The molecule has 2 aromatic heterocycles. The molecule has 0 radical (unpaired) electrons. The fraction of sp³-hybridized carbons (Fsp3) is 0.176. The zero-order chi connectivity index (χ0) is 17.8. The maximum Gasteiger partial charge on any atom is 0.275 e. The number of nitrogens with one attached hydrogen (secondary N) is 1. The topological polar surface area (TPSA) is 81.9 Å². The summed E-state index contributed by atoms with van der Waals surface area (Å²) in [5.74, 6) is 0.00816. The van der Waals surface area contributed by atoms with Crippen molar-refractivity contribution in [2.75, 3.05) is 11.9 Å². The van der Waals surface area contributed by atoms with Crippen LogP contribution in [0.3, 0.4) is 0 Å². The van der Waals surface area contributed by atoms with Crippen LogP contribution in [0.15, 0.2) is 42.7 Å². The van der Waals surface area contributed by atoms with Crippen molar-refractivity contribution < 1.29 is 13.9 Å². The van der Waals surface area contributed by atoms with Crippen LogP contribution in [0, 0.1) is 5.82 Å². The summed E-state index contributed by atoms with van der Waals surface area (Å²) in [7, 11) is 1.66. The highest BCUT2D eigenvalue weighted by Gasteiger charge is 2.15. The van der Waals surface area contributed by atoms with Crippen molar-refractivity contribution >= 4 is 11.7 Å². The Morgan fingerprint density at radius 1 is 1.24 bits per heavy atom. The normalized spacial score (nSPS) is 10.5. The average Bonchev–Trinajstić information content (AvgIpc) is 2.98. The lowest BCUT2D eigenvalue weighted by atomic mass is 10.1. The largest absolute Gasteiger partial charge is 0.478 e. The van der Waals surface area contributed by atoms with Crippen LogP contribution in [0.5, 0.6) is 5.88 Å². The predicted molar refractivity (Wildman–Crippen MR) is 89.8 cm³/mol. The molecule has 3 aromatic rings. The first-order valence-electron chi connectivity index (χ1n) is 7.63. The molecule has 8 heteroatoms. The van der Waals surface area contributed by atoms with Gasteiger partial charge in [0.05, 0.1) is 12.3 Å². The van der Waals surface area contributed by atoms with Crippen molar-refractivity contribution in [2.45, 2.75) is 6.92 Å². The molecule has 128 valence electrons. The number of hydrogen-bond acceptors (Lipinski definition) is 5. The fourth-order valence-corrected chi connectivity index (χ4v) is 2.26. The second-order valence-electron chi connectivity index (χ2n) is 5.17. The summed E-state index contributed by atoms with van der Waals surface area (Å²) in [5.41, 5.74) is 1.64. The molecule has 0 unspecified atom stereocenters. The number of aromatic nitrogens is 4. The minimum Gasteiger partial charge on any atom is -0.478 e. The van der Waals surface area contributed by atoms with Gasteiger partial charge in [-0.3, -0.25) is 9.48 Å². The molecule has 2 heterocycles. The number of hydrogen-bond donors (Lipinski definition) is 1. The molecule has 0 saturated carbocycles. The van der Waals surface area contributed by atoms with Gasteiger partial charge in [-0.2, -0.15) is 5.10 Å². The Morgan fingerprint density at radius 3 is 2.72 bits per heavy atom. The summed E-state index contributed by atoms with van der Waals surface area (Å²) < 4.78 is 19.8. The van der Waals surface area contributed by atoms with Crippen LogP contribution in [0.25, 0.3) is 11.3 Å². The summed E-state index contributed by atoms with van der Waals surface area (Å²) in [6.45, 7) is 2.31. The van der Waals surface area contributed by atoms with Gasteiger partial charge in [-0.05, 0) is 37.3 Å². The molecule has 0 aliphatic carbocycles. The van der Waals surface area contributed by atoms with E-state index in [0.29, 0.717) is 29.7 Å². The van der Waals surface area contributed by atoms with Crippen LogP contribution < -0.4 is 10.1 Å². The van der Waals surface area contributed by atoms with Crippen LogP contribution in [0.2, 0.25) is 0 Å². The number of nitrogens with zero attached hydrogens (tertiary/aromatic N) is 4. The summed E-state index contributed by atoms with van der Waals surface area (Å²) in [6.07, 6.45) is 1.31. The number of benzene rings is 1. The van der Waals surface area contributed by atoms with E-state index in [1.807, 2.05) is 6.92 Å². The van der Waals surface area contributed by atoms with E-state index in [9.17, 15) is 9.18 Å². The third-order valence-electron chi connectivity index (χ3n) is 3.43. The van der Waals surface area contributed by atoms with Crippen LogP contribution in [-0.2, 0) is 7.05 Å². The number of ether oxygens (including phenoxy) is 1. The lowest BCUT2D eigenvalue weighted by molar-refractivity contribution is 0.101. The Bertz CT molecular complexity index is 892. The second-order valence-corrected chi connectivity index (χ2v) is 5.17. The van der Waals surface area contributed by atoms with E-state index >= 15 is 0 Å². The van der Waals surface area contributed by atoms with Gasteiger partial charge in [-0.25, -0.2) is 14.4 Å². The Labute approximate surface area is 143 Å². The van der Waals surface area contributed by atoms with E-state index in [1.54, 1.807) is 31.3 Å². The summed E-state index contributed by atoms with van der Waals surface area (Å²) in [5, 5.41) is 6.98. The highest BCUT2D eigenvalue weighted by Crippen LogP contribution is 2.20. The number of anilines is 1. The van der Waals surface area contributed by atoms with Crippen molar-refractivity contribution in [1.82, 2.24) is 19.7 Å². The van der Waals surface area contributed by atoms with Gasteiger partial charge < -0.3 is 10.1 Å². The molecule has 0 aliphatic heterocycles. The molecule has 7 nitrogen and oxygen atoms in total. The minimum absolute atomic E-state index is 0.327. The number of rotatable bonds is 5. The molecular weight excluding hydrogens is 325 g/mol. The lowest BCUT2D eigenvalue weighted by Gasteiger charge is -2.06. The summed E-state index contributed by atoms with van der Waals surface area (Å²) in [6, 6.07) is 9.09. The van der Waals surface area contributed by atoms with E-state index in [-0.39, 0.29) is 11.7 Å². The Balaban J connectivity index is 1.81. The van der Waals surface area contributed by atoms with Gasteiger partial charge in [0.15, 0.2) is 0 Å². The van der Waals surface area contributed by atoms with Gasteiger partial charge in [0, 0.05) is 18.7 Å². The van der Waals surface area contributed by atoms with Crippen LogP contribution in [0.4, 0.5) is 10.2 Å². The Hall–Kier alpha value is -3.29. The van der Waals surface area contributed by atoms with Crippen molar-refractivity contribution in [3.8, 4) is 17.1 Å². The molecule has 25 heavy (non-hydrogen) atoms. The zero-order valence-corrected chi connectivity index (χ0v) is 13.7. The smallest absolute Gasteiger partial charge is 0.275 e. The van der Waals surface area contributed by atoms with Gasteiger partial charge in [0.2, 0.25) is 5.88 Å². The third-order valence-corrected chi connectivity index (χ3v) is 3.43. The van der Waals surface area contributed by atoms with Gasteiger partial charge >= 0.3 is 0 Å². The maximum absolute atomic E-state index is 13.0. The third kappa shape index (κ3) is 3.79. The van der Waals surface area contributed by atoms with E-state index < -0.39 is 0 Å². The first-order chi connectivity index (χ1) is 12.1. The molecule has 0 atom stereocenters. The van der Waals surface area contributed by atoms with E-state index in [1.165, 1.54) is 23.1 Å². The predicted octanol–water partition coefficient (Wildman–Crippen LogP) is 2.67. The van der Waals surface area contributed by atoms with E-state index in [2.05, 4.69) is 20.4 Å². The van der Waals surface area contributed by atoms with Crippen molar-refractivity contribution in [2.24, 2.45) is 7.05 Å². The zero-order valence-electron chi connectivity index (χ0n) is 13.7. The molecule has 0 bridgehead atoms.